The fraction of sp³-hybridized carbons (Fsp3) is 0.211. The fourth-order valence-corrected chi connectivity index (χ4v) is 2.71. The zero-order valence-electron chi connectivity index (χ0n) is 13.6. The average molecular weight is 329 g/mol. The Bertz CT molecular complexity index is 900. The second kappa shape index (κ2) is 6.07. The molecule has 1 amide bonds. The first kappa shape index (κ1) is 16.2. The van der Waals surface area contributed by atoms with Gasteiger partial charge >= 0.3 is 0 Å². The van der Waals surface area contributed by atoms with Crippen LogP contribution >= 0.6 is 0 Å². The van der Waals surface area contributed by atoms with Gasteiger partial charge in [-0.05, 0) is 37.6 Å². The molecule has 0 aliphatic carbocycles. The molecule has 1 aromatic heterocycles. The van der Waals surface area contributed by atoms with Crippen LogP contribution in [0.15, 0.2) is 46.9 Å². The average Bonchev–Trinajstić information content (AvgIpc) is 2.92. The minimum atomic E-state index is -0.496. The predicted molar refractivity (Wildman–Crippen MR) is 87.8 cm³/mol. The molecule has 1 heterocycles. The van der Waals surface area contributed by atoms with Crippen molar-refractivity contribution in [1.82, 2.24) is 4.90 Å². The highest BCUT2D eigenvalue weighted by Gasteiger charge is 2.25. The number of fused-ring (bicyclic) bond motifs is 1. The van der Waals surface area contributed by atoms with Crippen LogP contribution < -0.4 is 0 Å². The molecule has 0 aliphatic rings. The molecule has 2 aromatic carbocycles. The third-order valence-corrected chi connectivity index (χ3v) is 4.36. The van der Waals surface area contributed by atoms with Crippen molar-refractivity contribution < 1.29 is 18.0 Å². The van der Waals surface area contributed by atoms with Gasteiger partial charge in [-0.1, -0.05) is 24.3 Å². The number of furan rings is 1. The smallest absolute Gasteiger partial charge is 0.290 e. The Morgan fingerprint density at radius 1 is 1.12 bits per heavy atom. The molecule has 0 saturated heterocycles. The Kier molecular flexibility index (Phi) is 4.09. The van der Waals surface area contributed by atoms with Gasteiger partial charge in [-0.15, -0.1) is 0 Å². The van der Waals surface area contributed by atoms with Gasteiger partial charge in [0.2, 0.25) is 0 Å². The van der Waals surface area contributed by atoms with Gasteiger partial charge < -0.3 is 9.32 Å². The quantitative estimate of drug-likeness (QED) is 0.688. The maximum Gasteiger partial charge on any atom is 0.290 e. The maximum absolute atomic E-state index is 13.9. The number of aryl methyl sites for hydroxylation is 1. The molecule has 0 fully saturated rings. The Balaban J connectivity index is 1.95. The summed E-state index contributed by atoms with van der Waals surface area (Å²) in [6.45, 7) is 3.57. The first-order valence-corrected chi connectivity index (χ1v) is 7.60. The van der Waals surface area contributed by atoms with E-state index < -0.39 is 5.82 Å². The molecule has 3 nitrogen and oxygen atoms in total. The van der Waals surface area contributed by atoms with Crippen LogP contribution in [0, 0.1) is 18.6 Å². The Morgan fingerprint density at radius 2 is 1.79 bits per heavy atom. The topological polar surface area (TPSA) is 33.5 Å². The normalized spacial score (nSPS) is 12.4. The second-order valence-electron chi connectivity index (χ2n) is 5.82. The van der Waals surface area contributed by atoms with Gasteiger partial charge in [0.1, 0.15) is 5.82 Å². The summed E-state index contributed by atoms with van der Waals surface area (Å²) in [6, 6.07) is 10.3. The number of carbonyl (C=O) groups excluding carboxylic acids is 1. The van der Waals surface area contributed by atoms with Crippen LogP contribution in [0.1, 0.15) is 34.6 Å². The lowest BCUT2D eigenvalue weighted by Gasteiger charge is -2.24. The van der Waals surface area contributed by atoms with Gasteiger partial charge in [0.15, 0.2) is 17.2 Å². The summed E-state index contributed by atoms with van der Waals surface area (Å²) >= 11 is 0. The van der Waals surface area contributed by atoms with E-state index in [9.17, 15) is 13.6 Å². The summed E-state index contributed by atoms with van der Waals surface area (Å²) in [4.78, 5) is 14.3. The number of para-hydroxylation sites is 1. The highest BCUT2D eigenvalue weighted by atomic mass is 19.1. The predicted octanol–water partition coefficient (Wildman–Crippen LogP) is 4.85. The number of benzene rings is 2. The van der Waals surface area contributed by atoms with E-state index in [4.69, 9.17) is 4.42 Å². The summed E-state index contributed by atoms with van der Waals surface area (Å²) in [5, 5.41) is 0.584. The molecule has 0 saturated carbocycles. The summed E-state index contributed by atoms with van der Waals surface area (Å²) in [5.41, 5.74) is 1.49. The molecular weight excluding hydrogens is 312 g/mol. The molecule has 124 valence electrons. The highest BCUT2D eigenvalue weighted by molar-refractivity contribution is 5.99. The summed E-state index contributed by atoms with van der Waals surface area (Å²) < 4.78 is 32.4. The maximum atomic E-state index is 13.9. The van der Waals surface area contributed by atoms with Crippen LogP contribution in [-0.2, 0) is 0 Å². The van der Waals surface area contributed by atoms with E-state index in [-0.39, 0.29) is 29.1 Å². The van der Waals surface area contributed by atoms with Crippen molar-refractivity contribution in [2.75, 3.05) is 7.05 Å². The van der Waals surface area contributed by atoms with E-state index in [1.165, 1.54) is 23.1 Å². The molecule has 5 heteroatoms. The standard InChI is InChI=1S/C19H17F2NO2/c1-11-15-5-4-6-16(21)18(15)24-17(11)19(23)22(3)12(2)13-7-9-14(20)10-8-13/h4-10,12H,1-3H3. The second-order valence-corrected chi connectivity index (χ2v) is 5.82. The molecule has 3 rings (SSSR count). The van der Waals surface area contributed by atoms with Crippen LogP contribution in [0.3, 0.4) is 0 Å². The van der Waals surface area contributed by atoms with Crippen LogP contribution in [0.5, 0.6) is 0 Å². The van der Waals surface area contributed by atoms with Crippen molar-refractivity contribution in [3.63, 3.8) is 0 Å². The lowest BCUT2D eigenvalue weighted by molar-refractivity contribution is 0.0711. The van der Waals surface area contributed by atoms with Gasteiger partial charge in [-0.3, -0.25) is 4.79 Å². The molecule has 0 spiro atoms. The summed E-state index contributed by atoms with van der Waals surface area (Å²) in [5.74, 6) is -1.06. The van der Waals surface area contributed by atoms with Crippen molar-refractivity contribution in [2.24, 2.45) is 0 Å². The summed E-state index contributed by atoms with van der Waals surface area (Å²) in [6.07, 6.45) is 0. The lowest BCUT2D eigenvalue weighted by Crippen LogP contribution is -2.29. The molecule has 0 N–H and O–H groups in total. The zero-order valence-corrected chi connectivity index (χ0v) is 13.6. The van der Waals surface area contributed by atoms with Crippen molar-refractivity contribution in [1.29, 1.82) is 0 Å². The van der Waals surface area contributed by atoms with Crippen molar-refractivity contribution in [3.05, 3.63) is 71.0 Å². The number of hydrogen-bond acceptors (Lipinski definition) is 2. The van der Waals surface area contributed by atoms with Gasteiger partial charge in [0.25, 0.3) is 5.91 Å². The van der Waals surface area contributed by atoms with E-state index in [1.54, 1.807) is 38.2 Å². The minimum Gasteiger partial charge on any atom is -0.448 e. The minimum absolute atomic E-state index is 0.0844. The Morgan fingerprint density at radius 3 is 2.42 bits per heavy atom. The van der Waals surface area contributed by atoms with E-state index in [0.29, 0.717) is 10.9 Å². The number of halogens is 2. The number of rotatable bonds is 3. The van der Waals surface area contributed by atoms with Crippen LogP contribution in [0.25, 0.3) is 11.0 Å². The van der Waals surface area contributed by atoms with Gasteiger partial charge in [-0.25, -0.2) is 8.78 Å². The highest BCUT2D eigenvalue weighted by Crippen LogP contribution is 2.29. The van der Waals surface area contributed by atoms with Gasteiger partial charge in [0, 0.05) is 18.0 Å². The molecule has 0 radical (unpaired) electrons. The molecular formula is C19H17F2NO2. The number of amides is 1. The molecule has 0 aliphatic heterocycles. The SMILES string of the molecule is Cc1c(C(=O)N(C)C(C)c2ccc(F)cc2)oc2c(F)cccc12. The number of hydrogen-bond donors (Lipinski definition) is 0. The Hall–Kier alpha value is -2.69. The van der Waals surface area contributed by atoms with Crippen molar-refractivity contribution in [3.8, 4) is 0 Å². The summed E-state index contributed by atoms with van der Waals surface area (Å²) in [7, 11) is 1.64. The monoisotopic (exact) mass is 329 g/mol. The van der Waals surface area contributed by atoms with Gasteiger partial charge in [0.05, 0.1) is 6.04 Å². The Labute approximate surface area is 138 Å². The molecule has 3 aromatic rings. The first-order valence-electron chi connectivity index (χ1n) is 7.60. The van der Waals surface area contributed by atoms with E-state index in [2.05, 4.69) is 0 Å². The van der Waals surface area contributed by atoms with Crippen molar-refractivity contribution >= 4 is 16.9 Å². The number of nitrogens with zero attached hydrogens (tertiary/aromatic N) is 1. The van der Waals surface area contributed by atoms with E-state index in [1.807, 2.05) is 6.92 Å². The van der Waals surface area contributed by atoms with Crippen LogP contribution in [0.4, 0.5) is 8.78 Å². The lowest BCUT2D eigenvalue weighted by atomic mass is 10.1. The van der Waals surface area contributed by atoms with Crippen LogP contribution in [0.2, 0.25) is 0 Å². The van der Waals surface area contributed by atoms with Crippen molar-refractivity contribution in [2.45, 2.75) is 19.9 Å². The molecule has 0 bridgehead atoms. The van der Waals surface area contributed by atoms with E-state index >= 15 is 0 Å². The van der Waals surface area contributed by atoms with Crippen LogP contribution in [-0.4, -0.2) is 17.9 Å². The molecule has 1 atom stereocenters. The van der Waals surface area contributed by atoms with E-state index in [0.717, 1.165) is 5.56 Å². The molecule has 24 heavy (non-hydrogen) atoms. The number of carbonyl (C=O) groups is 1. The zero-order chi connectivity index (χ0) is 17.4. The fourth-order valence-electron chi connectivity index (χ4n) is 2.71. The third kappa shape index (κ3) is 2.66. The largest absolute Gasteiger partial charge is 0.448 e. The first-order chi connectivity index (χ1) is 11.4. The molecule has 1 unspecified atom stereocenters. The van der Waals surface area contributed by atoms with Gasteiger partial charge in [-0.2, -0.15) is 0 Å². The third-order valence-electron chi connectivity index (χ3n) is 4.36.